The molecule has 4 rings (SSSR count). The highest BCUT2D eigenvalue weighted by Gasteiger charge is 2.24. The Morgan fingerprint density at radius 1 is 1.19 bits per heavy atom. The summed E-state index contributed by atoms with van der Waals surface area (Å²) >= 11 is 4.80. The fourth-order valence-electron chi connectivity index (χ4n) is 2.77. The van der Waals surface area contributed by atoms with Crippen LogP contribution in [0.3, 0.4) is 0 Å². The number of rotatable bonds is 4. The highest BCUT2D eigenvalue weighted by Crippen LogP contribution is 2.39. The molecule has 0 spiro atoms. The van der Waals surface area contributed by atoms with Crippen molar-refractivity contribution in [2.75, 3.05) is 18.1 Å². The number of para-hydroxylation sites is 2. The van der Waals surface area contributed by atoms with Crippen molar-refractivity contribution in [2.45, 2.75) is 6.54 Å². The van der Waals surface area contributed by atoms with Crippen molar-refractivity contribution in [1.82, 2.24) is 10.3 Å². The lowest BCUT2D eigenvalue weighted by Crippen LogP contribution is -2.28. The Morgan fingerprint density at radius 2 is 1.96 bits per heavy atom. The Labute approximate surface area is 163 Å². The van der Waals surface area contributed by atoms with E-state index in [1.165, 1.54) is 11.3 Å². The maximum absolute atomic E-state index is 12.6. The first-order chi connectivity index (χ1) is 12.7. The number of aromatic nitrogens is 1. The van der Waals surface area contributed by atoms with Gasteiger partial charge in [-0.1, -0.05) is 53.8 Å². The maximum Gasteiger partial charge on any atom is 0.264 e. The van der Waals surface area contributed by atoms with Crippen molar-refractivity contribution in [1.29, 1.82) is 0 Å². The van der Waals surface area contributed by atoms with Crippen LogP contribution in [0, 0.1) is 0 Å². The standard InChI is InChI=1S/C19H16BrN3O2S/c20-17-16(18(24)21-12-13-6-2-1-3-7-13)26-19(22-17)23-10-11-25-15-9-5-4-8-14(15)23/h1-9H,10-12H2,(H,21,24). The number of ether oxygens (including phenoxy) is 1. The molecule has 0 radical (unpaired) electrons. The normalized spacial score (nSPS) is 13.0. The number of hydrogen-bond donors (Lipinski definition) is 1. The van der Waals surface area contributed by atoms with Gasteiger partial charge in [-0.25, -0.2) is 4.98 Å². The van der Waals surface area contributed by atoms with E-state index in [1.807, 2.05) is 54.6 Å². The second-order valence-electron chi connectivity index (χ2n) is 5.75. The number of hydrogen-bond acceptors (Lipinski definition) is 5. The molecule has 26 heavy (non-hydrogen) atoms. The first kappa shape index (κ1) is 17.1. The first-order valence-electron chi connectivity index (χ1n) is 8.20. The molecule has 0 aliphatic carbocycles. The van der Waals surface area contributed by atoms with Gasteiger partial charge in [0.25, 0.3) is 5.91 Å². The molecule has 0 atom stereocenters. The summed E-state index contributed by atoms with van der Waals surface area (Å²) in [6.07, 6.45) is 0. The van der Waals surface area contributed by atoms with Gasteiger partial charge in [0.05, 0.1) is 12.2 Å². The van der Waals surface area contributed by atoms with E-state index in [4.69, 9.17) is 4.74 Å². The smallest absolute Gasteiger partial charge is 0.264 e. The molecule has 0 fully saturated rings. The zero-order chi connectivity index (χ0) is 17.9. The van der Waals surface area contributed by atoms with Crippen LogP contribution in [-0.4, -0.2) is 24.0 Å². The molecular formula is C19H16BrN3O2S. The number of benzene rings is 2. The fraction of sp³-hybridized carbons (Fsp3) is 0.158. The van der Waals surface area contributed by atoms with Gasteiger partial charge in [0, 0.05) is 6.54 Å². The van der Waals surface area contributed by atoms with Crippen LogP contribution in [-0.2, 0) is 6.54 Å². The average molecular weight is 430 g/mol. The molecule has 2 heterocycles. The number of anilines is 2. The summed E-state index contributed by atoms with van der Waals surface area (Å²) in [5.74, 6) is 0.700. The predicted octanol–water partition coefficient (Wildman–Crippen LogP) is 4.37. The van der Waals surface area contributed by atoms with E-state index in [-0.39, 0.29) is 5.91 Å². The Kier molecular flexibility index (Phi) is 4.90. The van der Waals surface area contributed by atoms with Gasteiger partial charge in [0.1, 0.15) is 21.8 Å². The van der Waals surface area contributed by atoms with Crippen molar-refractivity contribution in [3.63, 3.8) is 0 Å². The highest BCUT2D eigenvalue weighted by molar-refractivity contribution is 9.10. The third-order valence-electron chi connectivity index (χ3n) is 4.04. The van der Waals surface area contributed by atoms with Crippen LogP contribution in [0.1, 0.15) is 15.2 Å². The Bertz CT molecular complexity index is 930. The van der Waals surface area contributed by atoms with Crippen molar-refractivity contribution in [2.24, 2.45) is 0 Å². The molecule has 1 aromatic heterocycles. The van der Waals surface area contributed by atoms with Crippen LogP contribution in [0.5, 0.6) is 5.75 Å². The van der Waals surface area contributed by atoms with Crippen molar-refractivity contribution < 1.29 is 9.53 Å². The van der Waals surface area contributed by atoms with E-state index in [9.17, 15) is 4.79 Å². The topological polar surface area (TPSA) is 54.5 Å². The van der Waals surface area contributed by atoms with Crippen LogP contribution in [0.25, 0.3) is 0 Å². The fourth-order valence-corrected chi connectivity index (χ4v) is 4.40. The second-order valence-corrected chi connectivity index (χ2v) is 7.48. The Hall–Kier alpha value is -2.38. The number of nitrogens with zero attached hydrogens (tertiary/aromatic N) is 2. The minimum atomic E-state index is -0.133. The summed E-state index contributed by atoms with van der Waals surface area (Å²) < 4.78 is 6.25. The molecule has 2 aromatic carbocycles. The summed E-state index contributed by atoms with van der Waals surface area (Å²) in [6, 6.07) is 17.7. The molecule has 3 aromatic rings. The lowest BCUT2D eigenvalue weighted by atomic mass is 10.2. The molecule has 1 amide bonds. The first-order valence-corrected chi connectivity index (χ1v) is 9.81. The number of fused-ring (bicyclic) bond motifs is 1. The van der Waals surface area contributed by atoms with E-state index in [0.717, 1.165) is 22.1 Å². The molecule has 132 valence electrons. The van der Waals surface area contributed by atoms with E-state index < -0.39 is 0 Å². The molecule has 0 saturated carbocycles. The largest absolute Gasteiger partial charge is 0.490 e. The third-order valence-corrected chi connectivity index (χ3v) is 5.95. The van der Waals surface area contributed by atoms with E-state index >= 15 is 0 Å². The third kappa shape index (κ3) is 3.45. The van der Waals surface area contributed by atoms with Crippen molar-refractivity contribution in [3.8, 4) is 5.75 Å². The SMILES string of the molecule is O=C(NCc1ccccc1)c1sc(N2CCOc3ccccc32)nc1Br. The van der Waals surface area contributed by atoms with Crippen LogP contribution < -0.4 is 15.0 Å². The number of carbonyl (C=O) groups excluding carboxylic acids is 1. The van der Waals surface area contributed by atoms with Gasteiger partial charge in [-0.2, -0.15) is 0 Å². The van der Waals surface area contributed by atoms with Crippen LogP contribution in [0.4, 0.5) is 10.8 Å². The van der Waals surface area contributed by atoms with Gasteiger partial charge in [-0.05, 0) is 33.6 Å². The quantitative estimate of drug-likeness (QED) is 0.668. The van der Waals surface area contributed by atoms with Gasteiger partial charge in [0.15, 0.2) is 5.13 Å². The summed E-state index contributed by atoms with van der Waals surface area (Å²) in [4.78, 5) is 19.8. The zero-order valence-electron chi connectivity index (χ0n) is 13.8. The van der Waals surface area contributed by atoms with Crippen molar-refractivity contribution in [3.05, 3.63) is 69.6 Å². The number of halogens is 1. The Morgan fingerprint density at radius 3 is 2.81 bits per heavy atom. The molecule has 1 aliphatic heterocycles. The van der Waals surface area contributed by atoms with E-state index in [0.29, 0.717) is 29.2 Å². The average Bonchev–Trinajstić information content (AvgIpc) is 3.08. The van der Waals surface area contributed by atoms with Gasteiger partial charge in [0.2, 0.25) is 0 Å². The summed E-state index contributed by atoms with van der Waals surface area (Å²) in [7, 11) is 0. The zero-order valence-corrected chi connectivity index (χ0v) is 16.2. The summed E-state index contributed by atoms with van der Waals surface area (Å²) in [6.45, 7) is 1.77. The highest BCUT2D eigenvalue weighted by atomic mass is 79.9. The summed E-state index contributed by atoms with van der Waals surface area (Å²) in [5.41, 5.74) is 2.03. The maximum atomic E-state index is 12.6. The minimum absolute atomic E-state index is 0.133. The van der Waals surface area contributed by atoms with Gasteiger partial charge in [-0.3, -0.25) is 4.79 Å². The van der Waals surface area contributed by atoms with Crippen LogP contribution in [0.15, 0.2) is 59.2 Å². The molecule has 1 aliphatic rings. The molecule has 5 nitrogen and oxygen atoms in total. The van der Waals surface area contributed by atoms with Gasteiger partial charge >= 0.3 is 0 Å². The van der Waals surface area contributed by atoms with E-state index in [2.05, 4.69) is 31.1 Å². The number of amides is 1. The van der Waals surface area contributed by atoms with E-state index in [1.54, 1.807) is 0 Å². The van der Waals surface area contributed by atoms with Crippen LogP contribution >= 0.6 is 27.3 Å². The van der Waals surface area contributed by atoms with Gasteiger partial charge in [-0.15, -0.1) is 0 Å². The van der Waals surface area contributed by atoms with Crippen molar-refractivity contribution >= 4 is 44.0 Å². The van der Waals surface area contributed by atoms with Crippen LogP contribution in [0.2, 0.25) is 0 Å². The molecular weight excluding hydrogens is 414 g/mol. The number of thiazole rings is 1. The number of carbonyl (C=O) groups is 1. The molecule has 7 heteroatoms. The summed E-state index contributed by atoms with van der Waals surface area (Å²) in [5, 5.41) is 3.73. The molecule has 1 N–H and O–H groups in total. The lowest BCUT2D eigenvalue weighted by molar-refractivity contribution is 0.0954. The molecule has 0 unspecified atom stereocenters. The molecule has 0 bridgehead atoms. The molecule has 0 saturated heterocycles. The predicted molar refractivity (Wildman–Crippen MR) is 106 cm³/mol. The Balaban J connectivity index is 1.54. The second kappa shape index (κ2) is 7.47. The minimum Gasteiger partial charge on any atom is -0.490 e. The van der Waals surface area contributed by atoms with Gasteiger partial charge < -0.3 is 15.0 Å². The number of nitrogens with one attached hydrogen (secondary N) is 1. The monoisotopic (exact) mass is 429 g/mol. The lowest BCUT2D eigenvalue weighted by Gasteiger charge is -2.28.